The Kier molecular flexibility index (Phi) is 10.5. The molecular formula is C35H50N8O7. The number of nitrogens with zero attached hydrogens (tertiary/aromatic N) is 4. The predicted octanol–water partition coefficient (Wildman–Crippen LogP) is 3.31. The van der Waals surface area contributed by atoms with E-state index in [1.54, 1.807) is 12.3 Å². The molecule has 2 aliphatic carbocycles. The number of benzene rings is 1. The van der Waals surface area contributed by atoms with E-state index >= 15 is 0 Å². The third-order valence-corrected chi connectivity index (χ3v) is 9.56. The van der Waals surface area contributed by atoms with Gasteiger partial charge in [0.15, 0.2) is 0 Å². The summed E-state index contributed by atoms with van der Waals surface area (Å²) in [4.78, 5) is 68.6. The number of nitrogens with one attached hydrogen (secondary N) is 4. The summed E-state index contributed by atoms with van der Waals surface area (Å²) in [6.45, 7) is 11.7. The molecule has 272 valence electrons. The Hall–Kier alpha value is -4.66. The molecule has 3 fully saturated rings. The van der Waals surface area contributed by atoms with E-state index in [4.69, 9.17) is 9.84 Å². The second-order valence-corrected chi connectivity index (χ2v) is 15.5. The Balaban J connectivity index is 1.04. The van der Waals surface area contributed by atoms with Gasteiger partial charge in [0, 0.05) is 50.5 Å². The number of aromatic nitrogens is 2. The molecule has 15 nitrogen and oxygen atoms in total. The molecule has 1 spiro atoms. The van der Waals surface area contributed by atoms with Crippen molar-refractivity contribution in [3.8, 4) is 5.69 Å². The normalized spacial score (nSPS) is 22.5. The van der Waals surface area contributed by atoms with Crippen molar-refractivity contribution >= 4 is 29.9 Å². The number of anilines is 1. The zero-order valence-electron chi connectivity index (χ0n) is 29.7. The summed E-state index contributed by atoms with van der Waals surface area (Å²) >= 11 is 0. The monoisotopic (exact) mass is 694 g/mol. The molecule has 5 rings (SSSR count). The lowest BCUT2D eigenvalue weighted by Crippen LogP contribution is -2.61. The minimum Gasteiger partial charge on any atom is -0.465 e. The summed E-state index contributed by atoms with van der Waals surface area (Å²) in [5, 5.41) is 20.6. The SMILES string of the molecule is CC(Cc1ccc(-n2ccc(NC(=O)N3CCN(C(=O)C(C)(C)NC(=O)O)CC3)nc2=O)cc1)NC1CC2(CC(NC(=O)OC(C)(C)C)C2)C1. The largest absolute Gasteiger partial charge is 0.465 e. The standard InChI is InChI=1S/C35H50N8O7/c1-22(36-24-18-35(19-24)20-25(21-35)37-32(49)50-33(2,3)4)17-23-7-9-26(10-8-23)43-12-11-27(39-30(43)46)38-29(45)42-15-13-41(14-16-42)28(44)34(5,6)40-31(47)48/h7-12,22,24-25,36,40H,13-21H2,1-6H3,(H,37,49)(H,47,48)(H,38,39,45,46). The Morgan fingerprint density at radius 2 is 1.54 bits per heavy atom. The number of carboxylic acid groups (broad SMARTS) is 1. The molecule has 3 aliphatic rings. The van der Waals surface area contributed by atoms with Crippen LogP contribution in [0.15, 0.2) is 41.3 Å². The van der Waals surface area contributed by atoms with Gasteiger partial charge in [0.25, 0.3) is 0 Å². The molecule has 0 bridgehead atoms. The molecule has 1 aromatic carbocycles. The van der Waals surface area contributed by atoms with Crippen LogP contribution in [0.5, 0.6) is 0 Å². The third kappa shape index (κ3) is 9.11. The van der Waals surface area contributed by atoms with Crippen LogP contribution < -0.4 is 27.0 Å². The molecule has 50 heavy (non-hydrogen) atoms. The summed E-state index contributed by atoms with van der Waals surface area (Å²) in [7, 11) is 0. The van der Waals surface area contributed by atoms with Crippen LogP contribution in [0.3, 0.4) is 0 Å². The van der Waals surface area contributed by atoms with Crippen molar-refractivity contribution in [2.45, 2.75) is 103 Å². The first-order valence-corrected chi connectivity index (χ1v) is 17.2. The molecule has 2 saturated carbocycles. The number of alkyl carbamates (subject to hydrolysis) is 1. The van der Waals surface area contributed by atoms with E-state index in [2.05, 4.69) is 33.2 Å². The van der Waals surface area contributed by atoms with Gasteiger partial charge in [-0.25, -0.2) is 19.2 Å². The Bertz CT molecular complexity index is 1630. The lowest BCUT2D eigenvalue weighted by molar-refractivity contribution is -0.138. The Labute approximate surface area is 292 Å². The zero-order chi connectivity index (χ0) is 36.4. The van der Waals surface area contributed by atoms with Crippen molar-refractivity contribution < 1.29 is 29.0 Å². The number of piperazine rings is 1. The third-order valence-electron chi connectivity index (χ3n) is 9.56. The maximum Gasteiger partial charge on any atom is 0.407 e. The van der Waals surface area contributed by atoms with Gasteiger partial charge in [-0.15, -0.1) is 0 Å². The van der Waals surface area contributed by atoms with Crippen LogP contribution in [0.25, 0.3) is 5.69 Å². The molecule has 1 unspecified atom stereocenters. The minimum absolute atomic E-state index is 0.118. The number of hydrogen-bond acceptors (Lipinski definition) is 8. The first kappa shape index (κ1) is 36.6. The molecule has 5 N–H and O–H groups in total. The fraction of sp³-hybridized carbons (Fsp3) is 0.600. The van der Waals surface area contributed by atoms with Crippen LogP contribution in [-0.4, -0.2) is 104 Å². The summed E-state index contributed by atoms with van der Waals surface area (Å²) in [5.41, 5.74) is -0.186. The summed E-state index contributed by atoms with van der Waals surface area (Å²) in [6, 6.07) is 9.80. The zero-order valence-corrected chi connectivity index (χ0v) is 29.7. The van der Waals surface area contributed by atoms with Gasteiger partial charge in [-0.05, 0) is 103 Å². The average Bonchev–Trinajstić information content (AvgIpc) is 2.97. The number of rotatable bonds is 9. The Morgan fingerprint density at radius 3 is 2.12 bits per heavy atom. The first-order chi connectivity index (χ1) is 23.4. The quantitative estimate of drug-likeness (QED) is 0.263. The maximum atomic E-state index is 12.9. The van der Waals surface area contributed by atoms with Crippen LogP contribution in [0.2, 0.25) is 0 Å². The highest BCUT2D eigenvalue weighted by atomic mass is 16.6. The highest BCUT2D eigenvalue weighted by Crippen LogP contribution is 2.56. The van der Waals surface area contributed by atoms with Gasteiger partial charge in [0.2, 0.25) is 5.91 Å². The molecule has 0 radical (unpaired) electrons. The number of carbonyl (C=O) groups excluding carboxylic acids is 3. The van der Waals surface area contributed by atoms with Crippen LogP contribution in [-0.2, 0) is 16.0 Å². The molecule has 15 heteroatoms. The molecule has 2 heterocycles. The molecule has 1 saturated heterocycles. The second-order valence-electron chi connectivity index (χ2n) is 15.5. The van der Waals surface area contributed by atoms with Gasteiger partial charge < -0.3 is 35.6 Å². The molecule has 1 aromatic heterocycles. The van der Waals surface area contributed by atoms with Crippen LogP contribution >= 0.6 is 0 Å². The van der Waals surface area contributed by atoms with Gasteiger partial charge in [-0.2, -0.15) is 4.98 Å². The number of ether oxygens (including phenoxy) is 1. The molecule has 2 aromatic rings. The number of carbonyl (C=O) groups is 4. The molecular weight excluding hydrogens is 644 g/mol. The van der Waals surface area contributed by atoms with Crippen molar-refractivity contribution in [1.82, 2.24) is 35.3 Å². The van der Waals surface area contributed by atoms with Gasteiger partial charge in [-0.1, -0.05) is 12.1 Å². The lowest BCUT2D eigenvalue weighted by atomic mass is 9.52. The van der Waals surface area contributed by atoms with E-state index in [-0.39, 0.29) is 56.1 Å². The summed E-state index contributed by atoms with van der Waals surface area (Å²) in [5.74, 6) is -0.251. The minimum atomic E-state index is -1.29. The number of urea groups is 1. The van der Waals surface area contributed by atoms with Crippen molar-refractivity contribution in [3.63, 3.8) is 0 Å². The van der Waals surface area contributed by atoms with Gasteiger partial charge in [-0.3, -0.25) is 14.7 Å². The fourth-order valence-corrected chi connectivity index (χ4v) is 7.29. The van der Waals surface area contributed by atoms with Crippen molar-refractivity contribution in [2.24, 2.45) is 5.41 Å². The highest BCUT2D eigenvalue weighted by Gasteiger charge is 2.53. The second kappa shape index (κ2) is 14.3. The van der Waals surface area contributed by atoms with E-state index in [0.717, 1.165) is 37.7 Å². The maximum absolute atomic E-state index is 12.9. The van der Waals surface area contributed by atoms with E-state index in [0.29, 0.717) is 17.1 Å². The first-order valence-electron chi connectivity index (χ1n) is 17.2. The summed E-state index contributed by atoms with van der Waals surface area (Å²) in [6.07, 6.45) is 5.00. The number of hydrogen-bond donors (Lipinski definition) is 5. The van der Waals surface area contributed by atoms with E-state index in [9.17, 15) is 24.0 Å². The fourth-order valence-electron chi connectivity index (χ4n) is 7.29. The predicted molar refractivity (Wildman–Crippen MR) is 186 cm³/mol. The van der Waals surface area contributed by atoms with Gasteiger partial charge in [0.1, 0.15) is 17.0 Å². The molecule has 1 atom stereocenters. The summed E-state index contributed by atoms with van der Waals surface area (Å²) < 4.78 is 6.78. The topological polar surface area (TPSA) is 187 Å². The lowest BCUT2D eigenvalue weighted by Gasteiger charge is -2.58. The van der Waals surface area contributed by atoms with Crippen LogP contribution in [0.4, 0.5) is 20.2 Å². The highest BCUT2D eigenvalue weighted by molar-refractivity contribution is 5.90. The molecule has 1 aliphatic heterocycles. The van der Waals surface area contributed by atoms with Crippen molar-refractivity contribution in [3.05, 3.63) is 52.6 Å². The van der Waals surface area contributed by atoms with Crippen LogP contribution in [0, 0.1) is 5.41 Å². The van der Waals surface area contributed by atoms with E-state index in [1.165, 1.54) is 28.2 Å². The Morgan fingerprint density at radius 1 is 0.940 bits per heavy atom. The van der Waals surface area contributed by atoms with Gasteiger partial charge >= 0.3 is 23.9 Å². The molecule has 5 amide bonds. The van der Waals surface area contributed by atoms with E-state index < -0.39 is 29.0 Å². The van der Waals surface area contributed by atoms with E-state index in [1.807, 2.05) is 45.0 Å². The van der Waals surface area contributed by atoms with Gasteiger partial charge in [0.05, 0.1) is 5.69 Å². The van der Waals surface area contributed by atoms with Crippen molar-refractivity contribution in [1.29, 1.82) is 0 Å². The number of amides is 5. The average molecular weight is 695 g/mol. The smallest absolute Gasteiger partial charge is 0.407 e. The van der Waals surface area contributed by atoms with Crippen molar-refractivity contribution in [2.75, 3.05) is 31.5 Å². The van der Waals surface area contributed by atoms with Crippen LogP contribution in [0.1, 0.15) is 72.8 Å².